The number of ether oxygens (including phenoxy) is 2. The molecule has 0 fully saturated rings. The third-order valence-corrected chi connectivity index (χ3v) is 3.09. The maximum absolute atomic E-state index is 6.03. The summed E-state index contributed by atoms with van der Waals surface area (Å²) >= 11 is 0. The van der Waals surface area contributed by atoms with Crippen LogP contribution >= 0.6 is 0 Å². The molecule has 1 aromatic rings. The fourth-order valence-electron chi connectivity index (χ4n) is 1.67. The molecule has 0 aliphatic heterocycles. The normalized spacial score (nSPS) is 11.8. The molecule has 0 atom stereocenters. The average molecular weight is 255 g/mol. The topological polar surface area (TPSA) is 62.3 Å². The molecule has 0 aromatic carbocycles. The van der Waals surface area contributed by atoms with Gasteiger partial charge in [-0.1, -0.05) is 13.3 Å². The van der Waals surface area contributed by atoms with Crippen LogP contribution in [0.3, 0.4) is 0 Å². The number of aryl methyl sites for hydroxylation is 2. The Bertz CT molecular complexity index is 386. The van der Waals surface area contributed by atoms with Gasteiger partial charge in [0.05, 0.1) is 17.9 Å². The molecule has 5 nitrogen and oxygen atoms in total. The van der Waals surface area contributed by atoms with Crippen LogP contribution in [0.4, 0.5) is 5.69 Å². The van der Waals surface area contributed by atoms with Gasteiger partial charge in [0.15, 0.2) is 0 Å². The van der Waals surface area contributed by atoms with Crippen LogP contribution in [0.2, 0.25) is 0 Å². The van der Waals surface area contributed by atoms with E-state index in [1.165, 1.54) is 0 Å². The van der Waals surface area contributed by atoms with E-state index in [4.69, 9.17) is 15.2 Å². The minimum atomic E-state index is -0.181. The summed E-state index contributed by atoms with van der Waals surface area (Å²) in [6.45, 7) is 6.74. The van der Waals surface area contributed by atoms with Crippen molar-refractivity contribution in [1.82, 2.24) is 9.78 Å². The van der Waals surface area contributed by atoms with E-state index in [1.807, 2.05) is 20.9 Å². The molecule has 0 saturated heterocycles. The van der Waals surface area contributed by atoms with E-state index >= 15 is 0 Å². The fraction of sp³-hybridized carbons (Fsp3) is 0.769. The summed E-state index contributed by atoms with van der Waals surface area (Å²) in [4.78, 5) is 0. The van der Waals surface area contributed by atoms with Crippen molar-refractivity contribution >= 4 is 5.69 Å². The van der Waals surface area contributed by atoms with Gasteiger partial charge in [-0.3, -0.25) is 0 Å². The van der Waals surface area contributed by atoms with E-state index in [1.54, 1.807) is 11.8 Å². The van der Waals surface area contributed by atoms with E-state index < -0.39 is 0 Å². The van der Waals surface area contributed by atoms with Crippen molar-refractivity contribution < 1.29 is 9.47 Å². The highest BCUT2D eigenvalue weighted by Crippen LogP contribution is 2.26. The molecule has 2 N–H and O–H groups in total. The molecule has 0 unspecified atom stereocenters. The molecule has 0 bridgehead atoms. The van der Waals surface area contributed by atoms with Crippen LogP contribution in [0.25, 0.3) is 0 Å². The smallest absolute Gasteiger partial charge is 0.235 e. The van der Waals surface area contributed by atoms with Gasteiger partial charge in [0.1, 0.15) is 5.69 Å². The number of nitrogen functional groups attached to an aromatic ring is 1. The molecule has 0 aliphatic rings. The van der Waals surface area contributed by atoms with E-state index in [9.17, 15) is 0 Å². The number of nitrogens with zero attached hydrogens (tertiary/aromatic N) is 2. The first kappa shape index (κ1) is 14.8. The Balaban J connectivity index is 2.62. The molecular formula is C13H25N3O2. The predicted molar refractivity (Wildman–Crippen MR) is 72.8 cm³/mol. The Labute approximate surface area is 109 Å². The second-order valence-corrected chi connectivity index (χ2v) is 5.10. The van der Waals surface area contributed by atoms with Crippen LogP contribution in [0, 0.1) is 0 Å². The Morgan fingerprint density at radius 3 is 2.61 bits per heavy atom. The molecule has 104 valence electrons. The minimum absolute atomic E-state index is 0.181. The number of anilines is 1. The SMILES string of the molecule is CCCc1nn(C)c(OCCC(C)(C)OC)c1N. The van der Waals surface area contributed by atoms with Crippen molar-refractivity contribution in [3.05, 3.63) is 5.69 Å². The zero-order chi connectivity index (χ0) is 13.8. The summed E-state index contributed by atoms with van der Waals surface area (Å²) in [7, 11) is 3.56. The van der Waals surface area contributed by atoms with Crippen LogP contribution in [-0.2, 0) is 18.2 Å². The summed E-state index contributed by atoms with van der Waals surface area (Å²) in [5.74, 6) is 0.658. The number of hydrogen-bond donors (Lipinski definition) is 1. The molecule has 0 saturated carbocycles. The molecule has 18 heavy (non-hydrogen) atoms. The third-order valence-electron chi connectivity index (χ3n) is 3.09. The predicted octanol–water partition coefficient (Wildman–Crippen LogP) is 2.15. The first-order valence-electron chi connectivity index (χ1n) is 6.40. The van der Waals surface area contributed by atoms with Gasteiger partial charge in [0.2, 0.25) is 5.88 Å². The highest BCUT2D eigenvalue weighted by atomic mass is 16.5. The molecule has 0 radical (unpaired) electrons. The highest BCUT2D eigenvalue weighted by Gasteiger charge is 2.18. The van der Waals surface area contributed by atoms with Gasteiger partial charge in [-0.2, -0.15) is 5.10 Å². The highest BCUT2D eigenvalue weighted by molar-refractivity contribution is 5.53. The molecule has 1 aromatic heterocycles. The van der Waals surface area contributed by atoms with Crippen molar-refractivity contribution in [2.75, 3.05) is 19.5 Å². The second kappa shape index (κ2) is 6.09. The van der Waals surface area contributed by atoms with Crippen LogP contribution in [0.5, 0.6) is 5.88 Å². The summed E-state index contributed by atoms with van der Waals surface area (Å²) in [5, 5.41) is 4.37. The number of methoxy groups -OCH3 is 1. The quantitative estimate of drug-likeness (QED) is 0.811. The van der Waals surface area contributed by atoms with Gasteiger partial charge in [0, 0.05) is 20.6 Å². The number of aromatic nitrogens is 2. The standard InChI is InChI=1S/C13H25N3O2/c1-6-7-10-11(14)12(16(4)15-10)18-9-8-13(2,3)17-5/h6-9,14H2,1-5H3. The van der Waals surface area contributed by atoms with Gasteiger partial charge in [-0.05, 0) is 20.3 Å². The molecule has 5 heteroatoms. The lowest BCUT2D eigenvalue weighted by molar-refractivity contribution is 0.00480. The van der Waals surface area contributed by atoms with Crippen molar-refractivity contribution in [3.63, 3.8) is 0 Å². The van der Waals surface area contributed by atoms with E-state index in [2.05, 4.69) is 12.0 Å². The lowest BCUT2D eigenvalue weighted by atomic mass is 10.1. The number of hydrogen-bond acceptors (Lipinski definition) is 4. The van der Waals surface area contributed by atoms with Crippen molar-refractivity contribution in [2.24, 2.45) is 7.05 Å². The average Bonchev–Trinajstić information content (AvgIpc) is 2.57. The maximum atomic E-state index is 6.03. The minimum Gasteiger partial charge on any atom is -0.476 e. The summed E-state index contributed by atoms with van der Waals surface area (Å²) < 4.78 is 12.8. The Kier molecular flexibility index (Phi) is 5.02. The summed E-state index contributed by atoms with van der Waals surface area (Å²) in [6, 6.07) is 0. The largest absolute Gasteiger partial charge is 0.476 e. The molecule has 0 aliphatic carbocycles. The van der Waals surface area contributed by atoms with Gasteiger partial charge in [0.25, 0.3) is 0 Å². The van der Waals surface area contributed by atoms with Crippen molar-refractivity contribution in [1.29, 1.82) is 0 Å². The lowest BCUT2D eigenvalue weighted by Gasteiger charge is -2.22. The molecule has 1 heterocycles. The lowest BCUT2D eigenvalue weighted by Crippen LogP contribution is -2.25. The Hall–Kier alpha value is -1.23. The van der Waals surface area contributed by atoms with E-state index in [0.29, 0.717) is 18.2 Å². The molecule has 0 amide bonds. The van der Waals surface area contributed by atoms with Gasteiger partial charge >= 0.3 is 0 Å². The monoisotopic (exact) mass is 255 g/mol. The number of rotatable bonds is 7. The molecular weight excluding hydrogens is 230 g/mol. The van der Waals surface area contributed by atoms with Crippen LogP contribution in [-0.4, -0.2) is 29.1 Å². The Morgan fingerprint density at radius 2 is 2.06 bits per heavy atom. The van der Waals surface area contributed by atoms with E-state index in [0.717, 1.165) is 25.0 Å². The maximum Gasteiger partial charge on any atom is 0.235 e. The third kappa shape index (κ3) is 3.63. The summed E-state index contributed by atoms with van der Waals surface area (Å²) in [5.41, 5.74) is 7.43. The molecule has 1 rings (SSSR count). The van der Waals surface area contributed by atoms with Gasteiger partial charge in [-0.25, -0.2) is 4.68 Å². The second-order valence-electron chi connectivity index (χ2n) is 5.10. The van der Waals surface area contributed by atoms with Gasteiger partial charge in [-0.15, -0.1) is 0 Å². The van der Waals surface area contributed by atoms with Crippen molar-refractivity contribution in [3.8, 4) is 5.88 Å². The summed E-state index contributed by atoms with van der Waals surface area (Å²) in [6.07, 6.45) is 2.71. The van der Waals surface area contributed by atoms with Gasteiger partial charge < -0.3 is 15.2 Å². The first-order chi connectivity index (χ1) is 8.41. The molecule has 0 spiro atoms. The van der Waals surface area contributed by atoms with Crippen LogP contribution in [0.15, 0.2) is 0 Å². The van der Waals surface area contributed by atoms with Crippen molar-refractivity contribution in [2.45, 2.75) is 45.6 Å². The number of nitrogens with two attached hydrogens (primary N) is 1. The van der Waals surface area contributed by atoms with E-state index in [-0.39, 0.29) is 5.60 Å². The zero-order valence-electron chi connectivity index (χ0n) is 12.1. The van der Waals surface area contributed by atoms with Crippen LogP contribution in [0.1, 0.15) is 39.3 Å². The van der Waals surface area contributed by atoms with Crippen LogP contribution < -0.4 is 10.5 Å². The first-order valence-corrected chi connectivity index (χ1v) is 6.40. The zero-order valence-corrected chi connectivity index (χ0v) is 12.1. The fourth-order valence-corrected chi connectivity index (χ4v) is 1.67. The Morgan fingerprint density at radius 1 is 1.39 bits per heavy atom.